The minimum atomic E-state index is -0.0544. The molecule has 18 rings (SSSR count). The van der Waals surface area contributed by atoms with Crippen LogP contribution in [0.1, 0.15) is 45.2 Å². The van der Waals surface area contributed by atoms with Crippen molar-refractivity contribution in [2.45, 2.75) is 11.8 Å². The summed E-state index contributed by atoms with van der Waals surface area (Å²) in [5.41, 5.74) is 20.6. The summed E-state index contributed by atoms with van der Waals surface area (Å²) in [6, 6.07) is 96.9. The Labute approximate surface area is 495 Å². The predicted octanol–water partition coefficient (Wildman–Crippen LogP) is 17.1. The first-order valence-electron chi connectivity index (χ1n) is 28.9. The van der Waals surface area contributed by atoms with E-state index in [-0.39, 0.29) is 11.8 Å². The molecule has 4 aromatic heterocycles. The summed E-state index contributed by atoms with van der Waals surface area (Å²) in [6.45, 7) is 0. The molecule has 3 aliphatic rings. The zero-order valence-corrected chi connectivity index (χ0v) is 46.2. The lowest BCUT2D eigenvalue weighted by molar-refractivity contribution is 0.754. The van der Waals surface area contributed by atoms with Crippen LogP contribution in [0.3, 0.4) is 0 Å². The van der Waals surface area contributed by atoms with Gasteiger partial charge >= 0.3 is 0 Å². The largest absolute Gasteiger partial charge is 0.292 e. The molecule has 0 aliphatic heterocycles. The number of hydrogen-bond donors (Lipinski definition) is 0. The fourth-order valence-electron chi connectivity index (χ4n) is 13.0. The van der Waals surface area contributed by atoms with E-state index in [1.165, 1.54) is 33.4 Å². The number of para-hydroxylation sites is 6. The number of benzene rings is 11. The summed E-state index contributed by atoms with van der Waals surface area (Å²) >= 11 is 0. The van der Waals surface area contributed by atoms with Crippen LogP contribution < -0.4 is 0 Å². The van der Waals surface area contributed by atoms with Crippen LogP contribution >= 0.6 is 0 Å². The second kappa shape index (κ2) is 20.1. The van der Waals surface area contributed by atoms with Gasteiger partial charge in [0.05, 0.1) is 33.4 Å². The van der Waals surface area contributed by atoms with Crippen molar-refractivity contribution >= 4 is 22.1 Å². The molecule has 0 fully saturated rings. The Morgan fingerprint density at radius 1 is 0.221 bits per heavy atom. The third-order valence-electron chi connectivity index (χ3n) is 16.8. The van der Waals surface area contributed by atoms with Crippen LogP contribution in [0.25, 0.3) is 125 Å². The van der Waals surface area contributed by atoms with Crippen molar-refractivity contribution in [3.8, 4) is 102 Å². The summed E-state index contributed by atoms with van der Waals surface area (Å²) in [6.07, 6.45) is 0. The van der Waals surface area contributed by atoms with E-state index in [9.17, 15) is 0 Å². The highest BCUT2D eigenvalue weighted by atomic mass is 15.1. The Balaban J connectivity index is 0.797. The van der Waals surface area contributed by atoms with Crippen molar-refractivity contribution in [1.29, 1.82) is 0 Å². The van der Waals surface area contributed by atoms with E-state index >= 15 is 0 Å². The van der Waals surface area contributed by atoms with Crippen molar-refractivity contribution < 1.29 is 0 Å². The molecule has 0 saturated carbocycles. The van der Waals surface area contributed by atoms with Gasteiger partial charge in [-0.1, -0.05) is 218 Å². The van der Waals surface area contributed by atoms with Crippen LogP contribution in [0.2, 0.25) is 0 Å². The van der Waals surface area contributed by atoms with Crippen molar-refractivity contribution in [1.82, 2.24) is 49.0 Å². The zero-order chi connectivity index (χ0) is 56.7. The van der Waals surface area contributed by atoms with E-state index in [1.54, 1.807) is 0 Å². The van der Waals surface area contributed by atoms with Gasteiger partial charge in [-0.05, 0) is 94.0 Å². The van der Waals surface area contributed by atoms with E-state index in [0.717, 1.165) is 89.6 Å². The number of nitrogens with zero attached hydrogens (tertiary/aromatic N) is 10. The fourth-order valence-corrected chi connectivity index (χ4v) is 13.0. The van der Waals surface area contributed by atoms with Crippen LogP contribution in [0.4, 0.5) is 0 Å². The van der Waals surface area contributed by atoms with Crippen LogP contribution in [-0.4, -0.2) is 49.0 Å². The molecule has 0 saturated heterocycles. The number of fused-ring (bicyclic) bond motifs is 2. The molecule has 10 nitrogen and oxygen atoms in total. The molecule has 4 heterocycles. The monoisotopic (exact) mass is 1100 g/mol. The predicted molar refractivity (Wildman–Crippen MR) is 341 cm³/mol. The minimum absolute atomic E-state index is 0.0544. The van der Waals surface area contributed by atoms with Crippen LogP contribution in [0.5, 0.6) is 0 Å². The SMILES string of the molecule is c1ccc(-c2nc(-c3ccc4c(c3)C3c5ccccc5C4c4cc(-c5nc(-c6ccccc6)nc(-c6ccccc6-n6c(-c7ccccc7)nc7ccccc76)n5)ccc43)nc(-c3ccccc3-n3c(-c4ccccc4)nc4ccccc43)n2)cc1. The van der Waals surface area contributed by atoms with E-state index in [2.05, 4.69) is 228 Å². The van der Waals surface area contributed by atoms with Gasteiger partial charge in [-0.15, -0.1) is 0 Å². The molecular weight excluding hydrogens is 1050 g/mol. The standard InChI is InChI=1S/C76H48N10/c1-5-23-47(24-6-1)69-79-71(83-73(81-69)57-33-15-19-37-63(57)85-65-39-21-17-35-61(65)77-75(85)49-27-9-3-10-28-49)51-41-43-55-59(45-51)67-53-31-13-14-32-54(53)68(55)60-46-52(42-44-56(60)67)72-80-70(48-25-7-2-8-26-48)82-74(84-72)58-34-16-20-38-64(58)86-66-40-22-18-36-62(66)78-76(86)50-29-11-4-12-30-50/h1-46,67-68H. The number of hydrogen-bond acceptors (Lipinski definition) is 8. The van der Waals surface area contributed by atoms with Crippen molar-refractivity contribution in [2.75, 3.05) is 0 Å². The van der Waals surface area contributed by atoms with Crippen molar-refractivity contribution in [3.63, 3.8) is 0 Å². The molecule has 0 amide bonds. The van der Waals surface area contributed by atoms with Gasteiger partial charge in [0.25, 0.3) is 0 Å². The summed E-state index contributed by atoms with van der Waals surface area (Å²) in [7, 11) is 0. The van der Waals surface area contributed by atoms with Gasteiger partial charge in [-0.2, -0.15) is 0 Å². The highest BCUT2D eigenvalue weighted by Gasteiger charge is 2.42. The molecule has 3 aliphatic carbocycles. The fraction of sp³-hybridized carbons (Fsp3) is 0.0263. The third kappa shape index (κ3) is 8.10. The molecule has 11 aromatic carbocycles. The van der Waals surface area contributed by atoms with Gasteiger partial charge in [0.1, 0.15) is 11.6 Å². The Hall–Kier alpha value is -11.6. The van der Waals surface area contributed by atoms with Crippen LogP contribution in [-0.2, 0) is 0 Å². The maximum absolute atomic E-state index is 5.43. The number of rotatable bonds is 10. The Morgan fingerprint density at radius 2 is 0.535 bits per heavy atom. The molecule has 402 valence electrons. The van der Waals surface area contributed by atoms with Gasteiger partial charge in [-0.3, -0.25) is 9.13 Å². The maximum atomic E-state index is 5.43. The maximum Gasteiger partial charge on any atom is 0.166 e. The van der Waals surface area contributed by atoms with Crippen LogP contribution in [0.15, 0.2) is 279 Å². The first-order valence-corrected chi connectivity index (χ1v) is 28.9. The highest BCUT2D eigenvalue weighted by molar-refractivity contribution is 5.88. The molecule has 2 unspecified atom stereocenters. The molecule has 2 bridgehead atoms. The Kier molecular flexibility index (Phi) is 11.4. The lowest BCUT2D eigenvalue weighted by atomic mass is 9.61. The van der Waals surface area contributed by atoms with E-state index in [0.29, 0.717) is 34.9 Å². The smallest absolute Gasteiger partial charge is 0.166 e. The first kappa shape index (κ1) is 49.0. The zero-order valence-electron chi connectivity index (χ0n) is 46.2. The van der Waals surface area contributed by atoms with E-state index < -0.39 is 0 Å². The summed E-state index contributed by atoms with van der Waals surface area (Å²) in [5.74, 6) is 5.06. The lowest BCUT2D eigenvalue weighted by Gasteiger charge is -2.42. The average molecular weight is 1100 g/mol. The molecule has 0 radical (unpaired) electrons. The van der Waals surface area contributed by atoms with Crippen LogP contribution in [0, 0.1) is 0 Å². The van der Waals surface area contributed by atoms with Gasteiger partial charge in [0.2, 0.25) is 0 Å². The van der Waals surface area contributed by atoms with Gasteiger partial charge in [0, 0.05) is 56.3 Å². The quantitative estimate of drug-likeness (QED) is 0.133. The molecule has 10 heteroatoms. The van der Waals surface area contributed by atoms with Crippen molar-refractivity contribution in [3.05, 3.63) is 312 Å². The Bertz CT molecular complexity index is 4810. The topological polar surface area (TPSA) is 113 Å². The first-order chi connectivity index (χ1) is 42.6. The second-order valence-electron chi connectivity index (χ2n) is 21.8. The minimum Gasteiger partial charge on any atom is -0.292 e. The molecule has 0 spiro atoms. The number of aromatic nitrogens is 10. The van der Waals surface area contributed by atoms with E-state index in [1.807, 2.05) is 60.7 Å². The Morgan fingerprint density at radius 3 is 0.953 bits per heavy atom. The van der Waals surface area contributed by atoms with Gasteiger partial charge in [-0.25, -0.2) is 39.9 Å². The molecular formula is C76H48N10. The van der Waals surface area contributed by atoms with Crippen molar-refractivity contribution in [2.24, 2.45) is 0 Å². The summed E-state index contributed by atoms with van der Waals surface area (Å²) in [4.78, 5) is 42.4. The van der Waals surface area contributed by atoms with Gasteiger partial charge in [0.15, 0.2) is 34.9 Å². The summed E-state index contributed by atoms with van der Waals surface area (Å²) < 4.78 is 4.46. The van der Waals surface area contributed by atoms with Gasteiger partial charge < -0.3 is 0 Å². The second-order valence-corrected chi connectivity index (χ2v) is 21.8. The summed E-state index contributed by atoms with van der Waals surface area (Å²) in [5, 5.41) is 0. The molecule has 2 atom stereocenters. The molecule has 15 aromatic rings. The lowest BCUT2D eigenvalue weighted by Crippen LogP contribution is -2.27. The third-order valence-corrected chi connectivity index (χ3v) is 16.8. The normalized spacial score (nSPS) is 13.8. The van der Waals surface area contributed by atoms with E-state index in [4.69, 9.17) is 39.9 Å². The molecule has 0 N–H and O–H groups in total. The highest BCUT2D eigenvalue weighted by Crippen LogP contribution is 2.57. The number of imidazole rings is 2. The molecule has 86 heavy (non-hydrogen) atoms. The average Bonchev–Trinajstić information content (AvgIpc) is 1.13.